The highest BCUT2D eigenvalue weighted by atomic mass is 15.3. The fourth-order valence-corrected chi connectivity index (χ4v) is 1.48. The van der Waals surface area contributed by atoms with Crippen molar-refractivity contribution >= 4 is 17.4 Å². The predicted molar refractivity (Wildman–Crippen MR) is 60.5 cm³/mol. The van der Waals surface area contributed by atoms with Gasteiger partial charge in [0.05, 0.1) is 0 Å². The highest BCUT2D eigenvalue weighted by Gasteiger charge is 2.04. The molecular weight excluding hydrogens is 202 g/mol. The maximum atomic E-state index is 4.09. The van der Waals surface area contributed by atoms with Crippen LogP contribution in [-0.2, 0) is 0 Å². The standard InChI is InChI=1S/C11H9N5/c1-2-5-9(6-3-1)13-11-15-14-10-12-7-4-8-16(10)11/h1-8H,(H,13,15). The lowest BCUT2D eigenvalue weighted by Gasteiger charge is -2.02. The molecule has 0 radical (unpaired) electrons. The molecule has 78 valence electrons. The van der Waals surface area contributed by atoms with Crippen molar-refractivity contribution in [3.63, 3.8) is 0 Å². The van der Waals surface area contributed by atoms with Gasteiger partial charge in [0, 0.05) is 18.1 Å². The zero-order chi connectivity index (χ0) is 10.8. The molecule has 0 spiro atoms. The number of hydrogen-bond acceptors (Lipinski definition) is 4. The van der Waals surface area contributed by atoms with Crippen molar-refractivity contribution in [2.24, 2.45) is 0 Å². The van der Waals surface area contributed by atoms with Crippen LogP contribution < -0.4 is 5.32 Å². The quantitative estimate of drug-likeness (QED) is 0.703. The minimum Gasteiger partial charge on any atom is -0.324 e. The first-order valence-electron chi connectivity index (χ1n) is 4.91. The van der Waals surface area contributed by atoms with Crippen molar-refractivity contribution in [2.45, 2.75) is 0 Å². The Labute approximate surface area is 91.8 Å². The lowest BCUT2D eigenvalue weighted by molar-refractivity contribution is 1.10. The van der Waals surface area contributed by atoms with E-state index in [2.05, 4.69) is 20.5 Å². The van der Waals surface area contributed by atoms with Crippen LogP contribution in [0.1, 0.15) is 0 Å². The highest BCUT2D eigenvalue weighted by Crippen LogP contribution is 2.13. The SMILES string of the molecule is c1ccc(Nc2nnc3ncccn23)cc1. The van der Waals surface area contributed by atoms with Crippen LogP contribution in [0.15, 0.2) is 48.8 Å². The van der Waals surface area contributed by atoms with Gasteiger partial charge >= 0.3 is 0 Å². The summed E-state index contributed by atoms with van der Waals surface area (Å²) in [4.78, 5) is 4.09. The summed E-state index contributed by atoms with van der Waals surface area (Å²) in [5, 5.41) is 11.2. The van der Waals surface area contributed by atoms with E-state index in [1.165, 1.54) is 0 Å². The van der Waals surface area contributed by atoms with Crippen LogP contribution in [0, 0.1) is 0 Å². The number of benzene rings is 1. The maximum Gasteiger partial charge on any atom is 0.256 e. The first-order valence-corrected chi connectivity index (χ1v) is 4.91. The van der Waals surface area contributed by atoms with E-state index in [4.69, 9.17) is 0 Å². The molecule has 3 aromatic rings. The van der Waals surface area contributed by atoms with Crippen LogP contribution in [0.25, 0.3) is 5.78 Å². The molecule has 1 N–H and O–H groups in total. The third-order valence-corrected chi connectivity index (χ3v) is 2.22. The van der Waals surface area contributed by atoms with Crippen LogP contribution in [0.2, 0.25) is 0 Å². The minimum absolute atomic E-state index is 0.584. The maximum absolute atomic E-state index is 4.09. The molecule has 0 amide bonds. The fourth-order valence-electron chi connectivity index (χ4n) is 1.48. The smallest absolute Gasteiger partial charge is 0.256 e. The molecule has 0 saturated heterocycles. The number of hydrogen-bond donors (Lipinski definition) is 1. The van der Waals surface area contributed by atoms with Gasteiger partial charge in [0.15, 0.2) is 0 Å². The van der Waals surface area contributed by atoms with Crippen molar-refractivity contribution in [2.75, 3.05) is 5.32 Å². The van der Waals surface area contributed by atoms with Crippen LogP contribution in [0.5, 0.6) is 0 Å². The molecule has 0 aliphatic heterocycles. The van der Waals surface area contributed by atoms with E-state index in [9.17, 15) is 0 Å². The molecule has 16 heavy (non-hydrogen) atoms. The van der Waals surface area contributed by atoms with E-state index in [0.29, 0.717) is 11.7 Å². The van der Waals surface area contributed by atoms with Gasteiger partial charge in [-0.3, -0.25) is 4.40 Å². The average molecular weight is 211 g/mol. The van der Waals surface area contributed by atoms with Gasteiger partial charge in [-0.05, 0) is 18.2 Å². The topological polar surface area (TPSA) is 55.1 Å². The Kier molecular flexibility index (Phi) is 2.00. The molecule has 5 heteroatoms. The molecule has 2 heterocycles. The van der Waals surface area contributed by atoms with E-state index in [1.54, 1.807) is 10.6 Å². The molecule has 0 aliphatic rings. The summed E-state index contributed by atoms with van der Waals surface area (Å²) < 4.78 is 1.80. The second kappa shape index (κ2) is 3.62. The molecule has 0 unspecified atom stereocenters. The molecule has 0 atom stereocenters. The van der Waals surface area contributed by atoms with Gasteiger partial charge in [0.25, 0.3) is 5.78 Å². The van der Waals surface area contributed by atoms with Gasteiger partial charge in [-0.15, -0.1) is 10.2 Å². The molecular formula is C11H9N5. The Hall–Kier alpha value is -2.43. The Bertz CT molecular complexity index is 602. The first kappa shape index (κ1) is 8.84. The number of anilines is 2. The molecule has 3 rings (SSSR count). The van der Waals surface area contributed by atoms with Crippen LogP contribution in [-0.4, -0.2) is 19.6 Å². The van der Waals surface area contributed by atoms with Gasteiger partial charge in [-0.1, -0.05) is 18.2 Å². The van der Waals surface area contributed by atoms with Crippen molar-refractivity contribution in [3.05, 3.63) is 48.8 Å². The van der Waals surface area contributed by atoms with Gasteiger partial charge < -0.3 is 5.32 Å². The van der Waals surface area contributed by atoms with Crippen LogP contribution in [0.4, 0.5) is 11.6 Å². The molecule has 0 saturated carbocycles. The Morgan fingerprint density at radius 2 is 1.88 bits per heavy atom. The molecule has 5 nitrogen and oxygen atoms in total. The van der Waals surface area contributed by atoms with Crippen LogP contribution >= 0.6 is 0 Å². The number of nitrogens with one attached hydrogen (secondary N) is 1. The molecule has 2 aromatic heterocycles. The van der Waals surface area contributed by atoms with Crippen molar-refractivity contribution in [3.8, 4) is 0 Å². The molecule has 0 bridgehead atoms. The van der Waals surface area contributed by atoms with Gasteiger partial charge in [0.2, 0.25) is 5.95 Å². The zero-order valence-electron chi connectivity index (χ0n) is 8.41. The summed E-state index contributed by atoms with van der Waals surface area (Å²) in [5.41, 5.74) is 0.973. The second-order valence-corrected chi connectivity index (χ2v) is 3.30. The van der Waals surface area contributed by atoms with E-state index in [0.717, 1.165) is 5.69 Å². The largest absolute Gasteiger partial charge is 0.324 e. The monoisotopic (exact) mass is 211 g/mol. The summed E-state index contributed by atoms with van der Waals surface area (Å²) in [6, 6.07) is 11.7. The van der Waals surface area contributed by atoms with E-state index >= 15 is 0 Å². The third kappa shape index (κ3) is 1.48. The number of rotatable bonds is 2. The summed E-state index contributed by atoms with van der Waals surface area (Å²) in [5.74, 6) is 1.25. The number of para-hydroxylation sites is 1. The summed E-state index contributed by atoms with van der Waals surface area (Å²) in [6.07, 6.45) is 3.56. The van der Waals surface area contributed by atoms with Crippen molar-refractivity contribution < 1.29 is 0 Å². The summed E-state index contributed by atoms with van der Waals surface area (Å²) >= 11 is 0. The van der Waals surface area contributed by atoms with E-state index in [1.807, 2.05) is 42.6 Å². The minimum atomic E-state index is 0.584. The lowest BCUT2D eigenvalue weighted by Crippen LogP contribution is -1.96. The van der Waals surface area contributed by atoms with E-state index < -0.39 is 0 Å². The molecule has 1 aromatic carbocycles. The normalized spacial score (nSPS) is 10.5. The third-order valence-electron chi connectivity index (χ3n) is 2.22. The number of nitrogens with zero attached hydrogens (tertiary/aromatic N) is 4. The lowest BCUT2D eigenvalue weighted by atomic mass is 10.3. The van der Waals surface area contributed by atoms with Gasteiger partial charge in [-0.25, -0.2) is 4.98 Å². The van der Waals surface area contributed by atoms with E-state index in [-0.39, 0.29) is 0 Å². The summed E-state index contributed by atoms with van der Waals surface area (Å²) in [7, 11) is 0. The highest BCUT2D eigenvalue weighted by molar-refractivity contribution is 5.54. The average Bonchev–Trinajstić information content (AvgIpc) is 2.74. The molecule has 0 fully saturated rings. The summed E-state index contributed by atoms with van der Waals surface area (Å²) in [6.45, 7) is 0. The second-order valence-electron chi connectivity index (χ2n) is 3.30. The Morgan fingerprint density at radius 3 is 2.75 bits per heavy atom. The Morgan fingerprint density at radius 1 is 1.00 bits per heavy atom. The first-order chi connectivity index (χ1) is 7.93. The zero-order valence-corrected chi connectivity index (χ0v) is 8.41. The number of fused-ring (bicyclic) bond motifs is 1. The Balaban J connectivity index is 2.01. The van der Waals surface area contributed by atoms with Crippen molar-refractivity contribution in [1.29, 1.82) is 0 Å². The van der Waals surface area contributed by atoms with Crippen LogP contribution in [0.3, 0.4) is 0 Å². The predicted octanol–water partition coefficient (Wildman–Crippen LogP) is 1.87. The molecule has 0 aliphatic carbocycles. The van der Waals surface area contributed by atoms with Crippen molar-refractivity contribution in [1.82, 2.24) is 19.6 Å². The number of aromatic nitrogens is 4. The van der Waals surface area contributed by atoms with Gasteiger partial charge in [0.1, 0.15) is 0 Å². The fraction of sp³-hybridized carbons (Fsp3) is 0. The van der Waals surface area contributed by atoms with Gasteiger partial charge in [-0.2, -0.15) is 0 Å².